The van der Waals surface area contributed by atoms with Gasteiger partial charge in [-0.25, -0.2) is 14.2 Å². The number of methoxy groups -OCH3 is 1. The second kappa shape index (κ2) is 3.89. The van der Waals surface area contributed by atoms with E-state index < -0.39 is 11.8 Å². The smallest absolute Gasteiger partial charge is 0.341 e. The molecule has 0 N–H and O–H groups in total. The molecule has 1 rings (SSSR count). The summed E-state index contributed by atoms with van der Waals surface area (Å²) in [6.45, 7) is 0. The first-order chi connectivity index (χ1) is 6.06. The summed E-state index contributed by atoms with van der Waals surface area (Å²) in [5, 5.41) is -0.559. The second-order valence-electron chi connectivity index (χ2n) is 2.09. The average molecular weight is 224 g/mol. The summed E-state index contributed by atoms with van der Waals surface area (Å²) in [4.78, 5) is 14.3. The number of pyridine rings is 1. The number of carbonyl (C=O) groups is 1. The number of ether oxygens (including phenoxy) is 1. The van der Waals surface area contributed by atoms with E-state index in [0.717, 1.165) is 13.2 Å². The van der Waals surface area contributed by atoms with Gasteiger partial charge >= 0.3 is 5.97 Å². The SMILES string of the molecule is COC(=O)c1cc(F)c(Cl)nc1Cl. The zero-order chi connectivity index (χ0) is 10.0. The normalized spacial score (nSPS) is 9.85. The van der Waals surface area contributed by atoms with E-state index >= 15 is 0 Å². The third kappa shape index (κ3) is 2.08. The summed E-state index contributed by atoms with van der Waals surface area (Å²) in [6, 6.07) is 0.878. The van der Waals surface area contributed by atoms with Crippen molar-refractivity contribution >= 4 is 29.2 Å². The minimum Gasteiger partial charge on any atom is -0.465 e. The van der Waals surface area contributed by atoms with Gasteiger partial charge in [-0.2, -0.15) is 0 Å². The molecule has 70 valence electrons. The van der Waals surface area contributed by atoms with Crippen LogP contribution in [0.1, 0.15) is 10.4 Å². The predicted molar refractivity (Wildman–Crippen MR) is 45.6 cm³/mol. The lowest BCUT2D eigenvalue weighted by molar-refractivity contribution is 0.0600. The highest BCUT2D eigenvalue weighted by molar-refractivity contribution is 6.34. The molecule has 0 saturated heterocycles. The summed E-state index contributed by atoms with van der Waals surface area (Å²) in [5.74, 6) is -1.57. The van der Waals surface area contributed by atoms with Crippen LogP contribution in [0.2, 0.25) is 10.3 Å². The molecule has 0 unspecified atom stereocenters. The topological polar surface area (TPSA) is 39.2 Å². The second-order valence-corrected chi connectivity index (χ2v) is 2.81. The molecule has 1 aromatic heterocycles. The quantitative estimate of drug-likeness (QED) is 0.542. The number of carbonyl (C=O) groups excluding carboxylic acids is 1. The van der Waals surface area contributed by atoms with Gasteiger partial charge in [-0.1, -0.05) is 23.2 Å². The standard InChI is InChI=1S/C7H4Cl2FNO2/c1-13-7(12)3-2-4(10)6(9)11-5(3)8/h2H,1H3. The van der Waals surface area contributed by atoms with Gasteiger partial charge in [0.15, 0.2) is 11.0 Å². The number of aromatic nitrogens is 1. The van der Waals surface area contributed by atoms with Gasteiger partial charge in [0.05, 0.1) is 12.7 Å². The fourth-order valence-corrected chi connectivity index (χ4v) is 1.10. The van der Waals surface area contributed by atoms with Crippen LogP contribution in [0.25, 0.3) is 0 Å². The van der Waals surface area contributed by atoms with Gasteiger partial charge < -0.3 is 4.74 Å². The zero-order valence-corrected chi connectivity index (χ0v) is 7.99. The summed E-state index contributed by atoms with van der Waals surface area (Å²) in [5.41, 5.74) is -0.147. The molecule has 0 atom stereocenters. The maximum absolute atomic E-state index is 12.8. The Morgan fingerprint density at radius 3 is 2.69 bits per heavy atom. The molecule has 1 aromatic rings. The first-order valence-electron chi connectivity index (χ1n) is 3.16. The van der Waals surface area contributed by atoms with Crippen LogP contribution in [0.15, 0.2) is 6.07 Å². The lowest BCUT2D eigenvalue weighted by Crippen LogP contribution is -2.04. The van der Waals surface area contributed by atoms with Crippen LogP contribution < -0.4 is 0 Å². The molecule has 0 bridgehead atoms. The number of hydrogen-bond acceptors (Lipinski definition) is 3. The van der Waals surface area contributed by atoms with E-state index in [0.29, 0.717) is 0 Å². The maximum Gasteiger partial charge on any atom is 0.341 e. The Morgan fingerprint density at radius 2 is 2.15 bits per heavy atom. The molecule has 0 radical (unpaired) electrons. The summed E-state index contributed by atoms with van der Waals surface area (Å²) < 4.78 is 17.1. The molecule has 1 heterocycles. The molecular weight excluding hydrogens is 220 g/mol. The number of esters is 1. The lowest BCUT2D eigenvalue weighted by Gasteiger charge is -2.01. The van der Waals surface area contributed by atoms with Crippen LogP contribution in [0, 0.1) is 5.82 Å². The van der Waals surface area contributed by atoms with Crippen LogP contribution in [0.3, 0.4) is 0 Å². The Bertz CT molecular complexity index is 357. The van der Waals surface area contributed by atoms with Gasteiger partial charge in [0.2, 0.25) is 0 Å². The number of nitrogens with zero attached hydrogens (tertiary/aromatic N) is 1. The lowest BCUT2D eigenvalue weighted by atomic mass is 10.3. The van der Waals surface area contributed by atoms with E-state index in [2.05, 4.69) is 9.72 Å². The Morgan fingerprint density at radius 1 is 1.54 bits per heavy atom. The predicted octanol–water partition coefficient (Wildman–Crippen LogP) is 2.31. The number of halogens is 3. The Balaban J connectivity index is 3.23. The molecule has 0 aliphatic rings. The Kier molecular flexibility index (Phi) is 3.06. The van der Waals surface area contributed by atoms with Gasteiger partial charge in [0.25, 0.3) is 0 Å². The zero-order valence-electron chi connectivity index (χ0n) is 6.47. The molecule has 0 aromatic carbocycles. The van der Waals surface area contributed by atoms with Crippen molar-refractivity contribution in [3.05, 3.63) is 27.8 Å². The third-order valence-corrected chi connectivity index (χ3v) is 1.85. The summed E-state index contributed by atoms with van der Waals surface area (Å²) >= 11 is 10.8. The van der Waals surface area contributed by atoms with E-state index in [1.165, 1.54) is 0 Å². The van der Waals surface area contributed by atoms with Crippen molar-refractivity contribution < 1.29 is 13.9 Å². The van der Waals surface area contributed by atoms with Crippen LogP contribution in [-0.4, -0.2) is 18.1 Å². The van der Waals surface area contributed by atoms with Gasteiger partial charge in [0, 0.05) is 0 Å². The molecule has 0 saturated carbocycles. The highest BCUT2D eigenvalue weighted by Gasteiger charge is 2.15. The van der Waals surface area contributed by atoms with Gasteiger partial charge in [0.1, 0.15) is 5.15 Å². The van der Waals surface area contributed by atoms with Crippen molar-refractivity contribution in [1.82, 2.24) is 4.98 Å². The van der Waals surface area contributed by atoms with Crippen molar-refractivity contribution in [3.8, 4) is 0 Å². The largest absolute Gasteiger partial charge is 0.465 e. The van der Waals surface area contributed by atoms with Crippen molar-refractivity contribution in [3.63, 3.8) is 0 Å². The summed E-state index contributed by atoms with van der Waals surface area (Å²) in [6.07, 6.45) is 0. The monoisotopic (exact) mass is 223 g/mol. The molecule has 13 heavy (non-hydrogen) atoms. The number of hydrogen-bond donors (Lipinski definition) is 0. The van der Waals surface area contributed by atoms with Crippen LogP contribution in [0.4, 0.5) is 4.39 Å². The third-order valence-electron chi connectivity index (χ3n) is 1.29. The fourth-order valence-electron chi connectivity index (χ4n) is 0.699. The van der Waals surface area contributed by atoms with Crippen LogP contribution in [-0.2, 0) is 4.74 Å². The molecule has 0 fully saturated rings. The first kappa shape index (κ1) is 10.2. The molecule has 0 aliphatic heterocycles. The summed E-state index contributed by atoms with van der Waals surface area (Å²) in [7, 11) is 1.16. The highest BCUT2D eigenvalue weighted by Crippen LogP contribution is 2.20. The minimum atomic E-state index is -0.813. The van der Waals surface area contributed by atoms with E-state index in [9.17, 15) is 9.18 Å². The van der Waals surface area contributed by atoms with Crippen LogP contribution >= 0.6 is 23.2 Å². The Labute approximate surface area is 83.4 Å². The molecule has 0 spiro atoms. The number of rotatable bonds is 1. The van der Waals surface area contributed by atoms with Crippen molar-refractivity contribution in [2.75, 3.05) is 7.11 Å². The van der Waals surface area contributed by atoms with E-state index in [-0.39, 0.29) is 15.9 Å². The van der Waals surface area contributed by atoms with E-state index in [1.807, 2.05) is 0 Å². The molecular formula is C7H4Cl2FNO2. The van der Waals surface area contributed by atoms with E-state index in [4.69, 9.17) is 23.2 Å². The first-order valence-corrected chi connectivity index (χ1v) is 3.91. The molecule has 0 aliphatic carbocycles. The van der Waals surface area contributed by atoms with Crippen molar-refractivity contribution in [2.24, 2.45) is 0 Å². The van der Waals surface area contributed by atoms with Gasteiger partial charge in [-0.15, -0.1) is 0 Å². The molecule has 6 heteroatoms. The average Bonchev–Trinajstić information content (AvgIpc) is 2.10. The Hall–Kier alpha value is -0.870. The van der Waals surface area contributed by atoms with Crippen molar-refractivity contribution in [1.29, 1.82) is 0 Å². The van der Waals surface area contributed by atoms with Crippen molar-refractivity contribution in [2.45, 2.75) is 0 Å². The molecule has 0 amide bonds. The van der Waals surface area contributed by atoms with Gasteiger partial charge in [-0.05, 0) is 6.07 Å². The van der Waals surface area contributed by atoms with Crippen LogP contribution in [0.5, 0.6) is 0 Å². The highest BCUT2D eigenvalue weighted by atomic mass is 35.5. The maximum atomic E-state index is 12.8. The molecule has 3 nitrogen and oxygen atoms in total. The fraction of sp³-hybridized carbons (Fsp3) is 0.143. The van der Waals surface area contributed by atoms with E-state index in [1.54, 1.807) is 0 Å². The minimum absolute atomic E-state index is 0.147. The van der Waals surface area contributed by atoms with Gasteiger partial charge in [-0.3, -0.25) is 0 Å².